The Morgan fingerprint density at radius 1 is 1.37 bits per heavy atom. The summed E-state index contributed by atoms with van der Waals surface area (Å²) in [5.41, 5.74) is 1.12. The van der Waals surface area contributed by atoms with Crippen LogP contribution in [-0.2, 0) is 0 Å². The lowest BCUT2D eigenvalue weighted by Crippen LogP contribution is -2.20. The predicted molar refractivity (Wildman–Crippen MR) is 82.2 cm³/mol. The third-order valence-electron chi connectivity index (χ3n) is 2.95. The van der Waals surface area contributed by atoms with E-state index in [0.717, 1.165) is 35.8 Å². The van der Waals surface area contributed by atoms with Gasteiger partial charge in [-0.2, -0.15) is 0 Å². The second kappa shape index (κ2) is 8.41. The van der Waals surface area contributed by atoms with Crippen LogP contribution in [0, 0.1) is 0 Å². The predicted octanol–water partition coefficient (Wildman–Crippen LogP) is 3.34. The third kappa shape index (κ3) is 5.81. The summed E-state index contributed by atoms with van der Waals surface area (Å²) in [5, 5.41) is 4.20. The van der Waals surface area contributed by atoms with E-state index in [-0.39, 0.29) is 6.04 Å². The van der Waals surface area contributed by atoms with E-state index in [2.05, 4.69) is 24.1 Å². The zero-order valence-corrected chi connectivity index (χ0v) is 13.1. The number of ether oxygens (including phenoxy) is 1. The summed E-state index contributed by atoms with van der Waals surface area (Å²) >= 11 is 6.31. The molecule has 1 atom stereocenters. The monoisotopic (exact) mass is 284 g/mol. The number of benzene rings is 1. The molecule has 3 nitrogen and oxygen atoms in total. The molecule has 0 aromatic heterocycles. The van der Waals surface area contributed by atoms with Crippen LogP contribution >= 0.6 is 11.6 Å². The Balaban J connectivity index is 2.58. The van der Waals surface area contributed by atoms with Crippen molar-refractivity contribution in [2.24, 2.45) is 0 Å². The maximum absolute atomic E-state index is 6.31. The Hall–Kier alpha value is -0.770. The van der Waals surface area contributed by atoms with Crippen LogP contribution in [0.4, 0.5) is 0 Å². The molecule has 1 aromatic rings. The van der Waals surface area contributed by atoms with Crippen molar-refractivity contribution in [1.29, 1.82) is 0 Å². The molecule has 1 rings (SSSR count). The third-order valence-corrected chi connectivity index (χ3v) is 3.27. The van der Waals surface area contributed by atoms with Crippen molar-refractivity contribution in [3.05, 3.63) is 28.8 Å². The first-order chi connectivity index (χ1) is 9.04. The van der Waals surface area contributed by atoms with E-state index in [0.29, 0.717) is 6.61 Å². The van der Waals surface area contributed by atoms with E-state index in [4.69, 9.17) is 16.3 Å². The minimum absolute atomic E-state index is 0.267. The van der Waals surface area contributed by atoms with Crippen molar-refractivity contribution in [2.75, 3.05) is 33.8 Å². The van der Waals surface area contributed by atoms with Crippen molar-refractivity contribution in [2.45, 2.75) is 26.3 Å². The smallest absolute Gasteiger partial charge is 0.120 e. The van der Waals surface area contributed by atoms with E-state index in [9.17, 15) is 0 Å². The second-order valence-corrected chi connectivity index (χ2v) is 5.42. The molecular formula is C15H25ClN2O. The zero-order chi connectivity index (χ0) is 14.3. The van der Waals surface area contributed by atoms with Gasteiger partial charge in [0.2, 0.25) is 0 Å². The van der Waals surface area contributed by atoms with E-state index in [1.165, 1.54) is 0 Å². The van der Waals surface area contributed by atoms with Gasteiger partial charge in [-0.15, -0.1) is 0 Å². The molecular weight excluding hydrogens is 260 g/mol. The van der Waals surface area contributed by atoms with Gasteiger partial charge >= 0.3 is 0 Å². The SMILES string of the molecule is CCCNC(C)c1ccc(OCCN(C)C)cc1Cl. The van der Waals surface area contributed by atoms with E-state index >= 15 is 0 Å². The lowest BCUT2D eigenvalue weighted by Gasteiger charge is -2.16. The Bertz CT molecular complexity index is 382. The summed E-state index contributed by atoms with van der Waals surface area (Å²) in [6.07, 6.45) is 1.12. The van der Waals surface area contributed by atoms with Crippen LogP contribution in [0.15, 0.2) is 18.2 Å². The van der Waals surface area contributed by atoms with Crippen LogP contribution in [0.25, 0.3) is 0 Å². The quantitative estimate of drug-likeness (QED) is 0.792. The van der Waals surface area contributed by atoms with Crippen LogP contribution in [-0.4, -0.2) is 38.7 Å². The molecule has 19 heavy (non-hydrogen) atoms. The molecule has 0 saturated carbocycles. The fourth-order valence-electron chi connectivity index (χ4n) is 1.77. The average Bonchev–Trinajstić information content (AvgIpc) is 2.35. The number of nitrogens with one attached hydrogen (secondary N) is 1. The van der Waals surface area contributed by atoms with Crippen LogP contribution in [0.2, 0.25) is 5.02 Å². The molecule has 1 N–H and O–H groups in total. The number of nitrogens with zero attached hydrogens (tertiary/aromatic N) is 1. The summed E-state index contributed by atoms with van der Waals surface area (Å²) in [6, 6.07) is 6.20. The zero-order valence-electron chi connectivity index (χ0n) is 12.4. The Morgan fingerprint density at radius 2 is 2.11 bits per heavy atom. The van der Waals surface area contributed by atoms with Crippen LogP contribution in [0.1, 0.15) is 31.9 Å². The van der Waals surface area contributed by atoms with Crippen LogP contribution in [0.5, 0.6) is 5.75 Å². The van der Waals surface area contributed by atoms with Crippen molar-refractivity contribution < 1.29 is 4.74 Å². The second-order valence-electron chi connectivity index (χ2n) is 5.01. The fourth-order valence-corrected chi connectivity index (χ4v) is 2.10. The first kappa shape index (κ1) is 16.3. The molecule has 0 amide bonds. The van der Waals surface area contributed by atoms with Gasteiger partial charge in [-0.3, -0.25) is 0 Å². The van der Waals surface area contributed by atoms with Gasteiger partial charge in [0.25, 0.3) is 0 Å². The topological polar surface area (TPSA) is 24.5 Å². The highest BCUT2D eigenvalue weighted by atomic mass is 35.5. The molecule has 0 aliphatic rings. The Labute approximate surface area is 121 Å². The van der Waals surface area contributed by atoms with Crippen molar-refractivity contribution in [1.82, 2.24) is 10.2 Å². The van der Waals surface area contributed by atoms with Crippen molar-refractivity contribution in [3.8, 4) is 5.75 Å². The standard InChI is InChI=1S/C15H25ClN2O/c1-5-8-17-12(2)14-7-6-13(11-15(14)16)19-10-9-18(3)4/h6-7,11-12,17H,5,8-10H2,1-4H3. The maximum atomic E-state index is 6.31. The van der Waals surface area contributed by atoms with Gasteiger partial charge in [0, 0.05) is 17.6 Å². The van der Waals surface area contributed by atoms with Crippen LogP contribution in [0.3, 0.4) is 0 Å². The summed E-state index contributed by atoms with van der Waals surface area (Å²) in [6.45, 7) is 6.85. The van der Waals surface area contributed by atoms with Gasteiger partial charge in [0.15, 0.2) is 0 Å². The number of rotatable bonds is 8. The van der Waals surface area contributed by atoms with Gasteiger partial charge < -0.3 is 15.0 Å². The Kier molecular flexibility index (Phi) is 7.21. The summed E-state index contributed by atoms with van der Waals surface area (Å²) in [4.78, 5) is 2.09. The molecule has 0 heterocycles. The largest absolute Gasteiger partial charge is 0.492 e. The Morgan fingerprint density at radius 3 is 2.68 bits per heavy atom. The minimum atomic E-state index is 0.267. The normalized spacial score (nSPS) is 12.7. The molecule has 108 valence electrons. The summed E-state index contributed by atoms with van der Waals surface area (Å²) in [5.74, 6) is 0.832. The summed E-state index contributed by atoms with van der Waals surface area (Å²) in [7, 11) is 4.06. The van der Waals surface area contributed by atoms with Gasteiger partial charge in [0.1, 0.15) is 12.4 Å². The van der Waals surface area contributed by atoms with Crippen LogP contribution < -0.4 is 10.1 Å². The molecule has 0 spiro atoms. The molecule has 1 unspecified atom stereocenters. The highest BCUT2D eigenvalue weighted by Gasteiger charge is 2.09. The molecule has 4 heteroatoms. The first-order valence-electron chi connectivity index (χ1n) is 6.85. The molecule has 0 radical (unpaired) electrons. The molecule has 0 saturated heterocycles. The number of hydrogen-bond donors (Lipinski definition) is 1. The van der Waals surface area contributed by atoms with E-state index < -0.39 is 0 Å². The van der Waals surface area contributed by atoms with Gasteiger partial charge in [0.05, 0.1) is 0 Å². The van der Waals surface area contributed by atoms with E-state index in [1.807, 2.05) is 32.3 Å². The highest BCUT2D eigenvalue weighted by molar-refractivity contribution is 6.31. The fraction of sp³-hybridized carbons (Fsp3) is 0.600. The van der Waals surface area contributed by atoms with Gasteiger partial charge in [-0.05, 0) is 51.7 Å². The molecule has 1 aromatic carbocycles. The van der Waals surface area contributed by atoms with Crippen molar-refractivity contribution >= 4 is 11.6 Å². The highest BCUT2D eigenvalue weighted by Crippen LogP contribution is 2.27. The van der Waals surface area contributed by atoms with Crippen molar-refractivity contribution in [3.63, 3.8) is 0 Å². The van der Waals surface area contributed by atoms with Gasteiger partial charge in [-0.1, -0.05) is 24.6 Å². The average molecular weight is 285 g/mol. The molecule has 0 aliphatic heterocycles. The number of likely N-dealkylation sites (N-methyl/N-ethyl adjacent to an activating group) is 1. The maximum Gasteiger partial charge on any atom is 0.120 e. The number of hydrogen-bond acceptors (Lipinski definition) is 3. The molecule has 0 aliphatic carbocycles. The minimum Gasteiger partial charge on any atom is -0.492 e. The van der Waals surface area contributed by atoms with Gasteiger partial charge in [-0.25, -0.2) is 0 Å². The first-order valence-corrected chi connectivity index (χ1v) is 7.22. The lowest BCUT2D eigenvalue weighted by molar-refractivity contribution is 0.261. The molecule has 0 bridgehead atoms. The molecule has 0 fully saturated rings. The van der Waals surface area contributed by atoms with E-state index in [1.54, 1.807) is 0 Å². The number of halogens is 1. The lowest BCUT2D eigenvalue weighted by atomic mass is 10.1. The summed E-state index contributed by atoms with van der Waals surface area (Å²) < 4.78 is 5.67.